The zero-order valence-corrected chi connectivity index (χ0v) is 7.76. The third kappa shape index (κ3) is 7.28. The summed E-state index contributed by atoms with van der Waals surface area (Å²) in [6.45, 7) is 8.63. The fourth-order valence-corrected chi connectivity index (χ4v) is 0.563. The Kier molecular flexibility index (Phi) is 6.38. The van der Waals surface area contributed by atoms with Crippen LogP contribution in [0.25, 0.3) is 0 Å². The van der Waals surface area contributed by atoms with E-state index in [-0.39, 0.29) is 5.97 Å². The first-order valence-corrected chi connectivity index (χ1v) is 4.04. The Bertz CT molecular complexity index is 152. The van der Waals surface area contributed by atoms with Gasteiger partial charge in [-0.2, -0.15) is 0 Å². The second-order valence-corrected chi connectivity index (χ2v) is 2.58. The monoisotopic (exact) mass is 172 g/mol. The van der Waals surface area contributed by atoms with Crippen LogP contribution in [0.3, 0.4) is 0 Å². The zero-order chi connectivity index (χ0) is 9.40. The highest BCUT2D eigenvalue weighted by Gasteiger charge is 1.96. The predicted molar refractivity (Wildman–Crippen MR) is 46.9 cm³/mol. The van der Waals surface area contributed by atoms with Crippen LogP contribution in [0.5, 0.6) is 0 Å². The van der Waals surface area contributed by atoms with E-state index in [1.807, 2.05) is 6.92 Å². The number of hydrogen-bond acceptors (Lipinski definition) is 3. The molecule has 0 aromatic rings. The number of carbonyl (C=O) groups is 1. The lowest BCUT2D eigenvalue weighted by Gasteiger charge is -2.04. The van der Waals surface area contributed by atoms with Crippen molar-refractivity contribution in [1.82, 2.24) is 0 Å². The fourth-order valence-electron chi connectivity index (χ4n) is 0.563. The topological polar surface area (TPSA) is 35.5 Å². The molecule has 0 radical (unpaired) electrons. The van der Waals surface area contributed by atoms with Crippen molar-refractivity contribution in [2.45, 2.75) is 20.3 Å². The maximum Gasteiger partial charge on any atom is 0.305 e. The van der Waals surface area contributed by atoms with Gasteiger partial charge < -0.3 is 9.47 Å². The smallest absolute Gasteiger partial charge is 0.305 e. The molecule has 0 spiro atoms. The van der Waals surface area contributed by atoms with Gasteiger partial charge in [0.2, 0.25) is 0 Å². The highest BCUT2D eigenvalue weighted by Crippen LogP contribution is 1.89. The summed E-state index contributed by atoms with van der Waals surface area (Å²) in [6, 6.07) is 0. The third-order valence-electron chi connectivity index (χ3n) is 1.13. The summed E-state index contributed by atoms with van der Waals surface area (Å²) in [6.07, 6.45) is 0.417. The van der Waals surface area contributed by atoms with E-state index in [0.717, 1.165) is 5.57 Å². The lowest BCUT2D eigenvalue weighted by atomic mass is 10.4. The minimum absolute atomic E-state index is 0.186. The molecule has 0 saturated heterocycles. The van der Waals surface area contributed by atoms with Crippen molar-refractivity contribution in [2.24, 2.45) is 0 Å². The van der Waals surface area contributed by atoms with Gasteiger partial charge in [-0.3, -0.25) is 4.79 Å². The van der Waals surface area contributed by atoms with E-state index in [4.69, 9.17) is 9.47 Å². The standard InChI is InChI=1S/C9H16O3/c1-4-9(10)12-6-5-11-7-8(2)3/h2,4-7H2,1,3H3. The van der Waals surface area contributed by atoms with Gasteiger partial charge in [-0.25, -0.2) is 0 Å². The maximum atomic E-state index is 10.6. The summed E-state index contributed by atoms with van der Waals surface area (Å²) in [5.41, 5.74) is 0.969. The molecule has 0 unspecified atom stereocenters. The fraction of sp³-hybridized carbons (Fsp3) is 0.667. The van der Waals surface area contributed by atoms with Gasteiger partial charge in [0.05, 0.1) is 13.2 Å². The van der Waals surface area contributed by atoms with E-state index in [0.29, 0.717) is 26.2 Å². The Morgan fingerprint density at radius 2 is 2.08 bits per heavy atom. The first-order chi connectivity index (χ1) is 5.66. The summed E-state index contributed by atoms with van der Waals surface area (Å²) in [7, 11) is 0. The van der Waals surface area contributed by atoms with Crippen LogP contribution >= 0.6 is 0 Å². The molecule has 0 aromatic heterocycles. The maximum absolute atomic E-state index is 10.6. The number of hydrogen-bond donors (Lipinski definition) is 0. The lowest BCUT2D eigenvalue weighted by molar-refractivity contribution is -0.144. The molecule has 0 aliphatic heterocycles. The molecule has 0 rings (SSSR count). The Morgan fingerprint density at radius 3 is 2.58 bits per heavy atom. The summed E-state index contributed by atoms with van der Waals surface area (Å²) >= 11 is 0. The molecule has 3 heteroatoms. The van der Waals surface area contributed by atoms with Crippen molar-refractivity contribution in [3.8, 4) is 0 Å². The first-order valence-electron chi connectivity index (χ1n) is 4.04. The minimum Gasteiger partial charge on any atom is -0.463 e. The summed E-state index contributed by atoms with van der Waals surface area (Å²) in [5.74, 6) is -0.186. The molecule has 0 amide bonds. The van der Waals surface area contributed by atoms with Gasteiger partial charge in [-0.1, -0.05) is 19.1 Å². The zero-order valence-electron chi connectivity index (χ0n) is 7.76. The van der Waals surface area contributed by atoms with Crippen LogP contribution < -0.4 is 0 Å². The van der Waals surface area contributed by atoms with Crippen LogP contribution in [0.4, 0.5) is 0 Å². The molecular formula is C9H16O3. The average molecular weight is 172 g/mol. The summed E-state index contributed by atoms with van der Waals surface area (Å²) in [4.78, 5) is 10.6. The van der Waals surface area contributed by atoms with Crippen LogP contribution in [-0.4, -0.2) is 25.8 Å². The van der Waals surface area contributed by atoms with Crippen LogP contribution in [0, 0.1) is 0 Å². The molecule has 3 nitrogen and oxygen atoms in total. The number of rotatable bonds is 6. The van der Waals surface area contributed by atoms with Crippen molar-refractivity contribution < 1.29 is 14.3 Å². The van der Waals surface area contributed by atoms with E-state index >= 15 is 0 Å². The SMILES string of the molecule is C=C(C)COCCOC(=O)CC. The molecule has 0 N–H and O–H groups in total. The van der Waals surface area contributed by atoms with E-state index in [1.165, 1.54) is 0 Å². The first kappa shape index (κ1) is 11.2. The number of ether oxygens (including phenoxy) is 2. The van der Waals surface area contributed by atoms with Crippen LogP contribution in [0.1, 0.15) is 20.3 Å². The van der Waals surface area contributed by atoms with Crippen LogP contribution in [0.15, 0.2) is 12.2 Å². The molecule has 0 aromatic carbocycles. The molecule has 0 fully saturated rings. The molecular weight excluding hydrogens is 156 g/mol. The van der Waals surface area contributed by atoms with E-state index < -0.39 is 0 Å². The molecule has 0 aliphatic carbocycles. The van der Waals surface area contributed by atoms with Crippen LogP contribution in [-0.2, 0) is 14.3 Å². The average Bonchev–Trinajstić information content (AvgIpc) is 2.03. The quantitative estimate of drug-likeness (QED) is 0.346. The molecule has 12 heavy (non-hydrogen) atoms. The van der Waals surface area contributed by atoms with E-state index in [1.54, 1.807) is 6.92 Å². The molecule has 0 atom stereocenters. The van der Waals surface area contributed by atoms with Crippen molar-refractivity contribution in [3.05, 3.63) is 12.2 Å². The summed E-state index contributed by atoms with van der Waals surface area (Å²) in [5, 5.41) is 0. The van der Waals surface area contributed by atoms with Crippen molar-refractivity contribution in [2.75, 3.05) is 19.8 Å². The number of carbonyl (C=O) groups excluding carboxylic acids is 1. The van der Waals surface area contributed by atoms with Gasteiger partial charge >= 0.3 is 5.97 Å². The molecule has 0 heterocycles. The molecule has 70 valence electrons. The highest BCUT2D eigenvalue weighted by atomic mass is 16.6. The summed E-state index contributed by atoms with van der Waals surface area (Å²) < 4.78 is 9.89. The van der Waals surface area contributed by atoms with Crippen LogP contribution in [0.2, 0.25) is 0 Å². The minimum atomic E-state index is -0.186. The van der Waals surface area contributed by atoms with Gasteiger partial charge in [-0.15, -0.1) is 0 Å². The largest absolute Gasteiger partial charge is 0.463 e. The third-order valence-corrected chi connectivity index (χ3v) is 1.13. The second kappa shape index (κ2) is 6.85. The Labute approximate surface area is 73.4 Å². The van der Waals surface area contributed by atoms with Crippen molar-refractivity contribution >= 4 is 5.97 Å². The highest BCUT2D eigenvalue weighted by molar-refractivity contribution is 5.68. The lowest BCUT2D eigenvalue weighted by Crippen LogP contribution is -2.10. The van der Waals surface area contributed by atoms with Gasteiger partial charge in [0.1, 0.15) is 6.61 Å². The Balaban J connectivity index is 3.11. The number of esters is 1. The van der Waals surface area contributed by atoms with Gasteiger partial charge in [0, 0.05) is 6.42 Å². The van der Waals surface area contributed by atoms with E-state index in [2.05, 4.69) is 6.58 Å². The Hall–Kier alpha value is -0.830. The van der Waals surface area contributed by atoms with Gasteiger partial charge in [-0.05, 0) is 6.92 Å². The van der Waals surface area contributed by atoms with Gasteiger partial charge in [0.15, 0.2) is 0 Å². The van der Waals surface area contributed by atoms with Gasteiger partial charge in [0.25, 0.3) is 0 Å². The Morgan fingerprint density at radius 1 is 1.42 bits per heavy atom. The molecule has 0 bridgehead atoms. The van der Waals surface area contributed by atoms with Crippen molar-refractivity contribution in [3.63, 3.8) is 0 Å². The van der Waals surface area contributed by atoms with Crippen molar-refractivity contribution in [1.29, 1.82) is 0 Å². The normalized spacial score (nSPS) is 9.50. The molecule has 0 aliphatic rings. The molecule has 0 saturated carbocycles. The second-order valence-electron chi connectivity index (χ2n) is 2.58. The van der Waals surface area contributed by atoms with E-state index in [9.17, 15) is 4.79 Å². The predicted octanol–water partition coefficient (Wildman–Crippen LogP) is 1.53.